The molecular formula is C15H18INO5. The highest BCUT2D eigenvalue weighted by Gasteiger charge is 2.25. The number of hydrogen-bond acceptors (Lipinski definition) is 6. The van der Waals surface area contributed by atoms with E-state index in [0.717, 1.165) is 3.57 Å². The zero-order valence-corrected chi connectivity index (χ0v) is 15.3. The first-order valence-electron chi connectivity index (χ1n) is 6.28. The van der Waals surface area contributed by atoms with Crippen LogP contribution in [0.25, 0.3) is 0 Å². The van der Waals surface area contributed by atoms with Crippen molar-refractivity contribution >= 4 is 34.3 Å². The number of halogens is 1. The molecule has 0 aliphatic carbocycles. The van der Waals surface area contributed by atoms with Gasteiger partial charge in [-0.2, -0.15) is 0 Å². The van der Waals surface area contributed by atoms with Crippen LogP contribution in [0.15, 0.2) is 23.9 Å². The molecule has 0 aromatic heterocycles. The fourth-order valence-corrected chi connectivity index (χ4v) is 2.44. The summed E-state index contributed by atoms with van der Waals surface area (Å²) in [6.45, 7) is 0. The number of carbonyl (C=O) groups excluding carboxylic acids is 2. The number of carbonyl (C=O) groups is 2. The molecule has 0 bridgehead atoms. The topological polar surface area (TPSA) is 65.1 Å². The van der Waals surface area contributed by atoms with Crippen LogP contribution in [-0.2, 0) is 9.53 Å². The molecule has 0 spiro atoms. The fourth-order valence-electron chi connectivity index (χ4n) is 1.75. The zero-order valence-electron chi connectivity index (χ0n) is 13.1. The summed E-state index contributed by atoms with van der Waals surface area (Å²) in [4.78, 5) is 26.2. The molecule has 0 atom stereocenters. The van der Waals surface area contributed by atoms with Gasteiger partial charge in [0.2, 0.25) is 5.78 Å². The maximum atomic E-state index is 12.7. The van der Waals surface area contributed by atoms with Gasteiger partial charge < -0.3 is 19.1 Å². The second-order valence-electron chi connectivity index (χ2n) is 4.51. The molecule has 0 unspecified atom stereocenters. The lowest BCUT2D eigenvalue weighted by atomic mass is 10.0. The van der Waals surface area contributed by atoms with Gasteiger partial charge in [-0.3, -0.25) is 4.79 Å². The van der Waals surface area contributed by atoms with Crippen molar-refractivity contribution in [3.8, 4) is 11.5 Å². The smallest absolute Gasteiger partial charge is 0.343 e. The van der Waals surface area contributed by atoms with E-state index in [1.807, 2.05) is 22.6 Å². The van der Waals surface area contributed by atoms with Crippen LogP contribution in [0.5, 0.6) is 11.5 Å². The molecule has 0 fully saturated rings. The number of methoxy groups -OCH3 is 3. The fraction of sp³-hybridized carbons (Fsp3) is 0.333. The number of ether oxygens (including phenoxy) is 3. The quantitative estimate of drug-likeness (QED) is 0.176. The standard InChI is InChI=1S/C15H18INO5/c1-17(2)8-10(15(19)22-5)14(18)9-6-11(16)13(21-4)7-12(9)20-3/h6-8H,1-5H3/b10-8-. The highest BCUT2D eigenvalue weighted by Crippen LogP contribution is 2.31. The van der Waals surface area contributed by atoms with Crippen molar-refractivity contribution in [3.05, 3.63) is 33.0 Å². The lowest BCUT2D eigenvalue weighted by molar-refractivity contribution is -0.135. The molecule has 0 aliphatic heterocycles. The third-order valence-corrected chi connectivity index (χ3v) is 3.60. The van der Waals surface area contributed by atoms with Crippen LogP contribution >= 0.6 is 22.6 Å². The number of Topliss-reactive ketones (excluding diaryl/α,β-unsaturated/α-hetero) is 1. The Kier molecular flexibility index (Phi) is 6.66. The summed E-state index contributed by atoms with van der Waals surface area (Å²) in [5.41, 5.74) is 0.193. The molecule has 1 aromatic carbocycles. The van der Waals surface area contributed by atoms with Gasteiger partial charge in [-0.05, 0) is 28.7 Å². The summed E-state index contributed by atoms with van der Waals surface area (Å²) >= 11 is 2.05. The highest BCUT2D eigenvalue weighted by molar-refractivity contribution is 14.1. The second-order valence-corrected chi connectivity index (χ2v) is 5.68. The van der Waals surface area contributed by atoms with E-state index in [0.29, 0.717) is 11.5 Å². The Morgan fingerprint density at radius 3 is 2.14 bits per heavy atom. The average Bonchev–Trinajstić information content (AvgIpc) is 2.50. The Hall–Kier alpha value is -1.77. The van der Waals surface area contributed by atoms with Gasteiger partial charge >= 0.3 is 5.97 Å². The molecule has 0 heterocycles. The average molecular weight is 419 g/mol. The first-order chi connectivity index (χ1) is 10.3. The molecule has 6 nitrogen and oxygen atoms in total. The molecule has 0 radical (unpaired) electrons. The van der Waals surface area contributed by atoms with Crippen LogP contribution in [0.3, 0.4) is 0 Å². The van der Waals surface area contributed by atoms with E-state index in [2.05, 4.69) is 4.74 Å². The monoisotopic (exact) mass is 419 g/mol. The maximum absolute atomic E-state index is 12.7. The largest absolute Gasteiger partial charge is 0.496 e. The summed E-state index contributed by atoms with van der Waals surface area (Å²) < 4.78 is 15.9. The van der Waals surface area contributed by atoms with E-state index in [-0.39, 0.29) is 11.1 Å². The molecule has 1 rings (SSSR count). The third kappa shape index (κ3) is 4.12. The zero-order chi connectivity index (χ0) is 16.9. The number of nitrogens with zero attached hydrogens (tertiary/aromatic N) is 1. The molecule has 7 heteroatoms. The van der Waals surface area contributed by atoms with E-state index in [4.69, 9.17) is 9.47 Å². The van der Waals surface area contributed by atoms with Crippen molar-refractivity contribution in [2.75, 3.05) is 35.4 Å². The Morgan fingerprint density at radius 2 is 1.68 bits per heavy atom. The van der Waals surface area contributed by atoms with Gasteiger partial charge in [0.05, 0.1) is 30.5 Å². The van der Waals surface area contributed by atoms with Gasteiger partial charge in [-0.15, -0.1) is 0 Å². The van der Waals surface area contributed by atoms with E-state index in [1.165, 1.54) is 27.5 Å². The summed E-state index contributed by atoms with van der Waals surface area (Å²) in [7, 11) is 7.64. The van der Waals surface area contributed by atoms with Crippen LogP contribution in [0.2, 0.25) is 0 Å². The predicted molar refractivity (Wildman–Crippen MR) is 90.4 cm³/mol. The minimum absolute atomic E-state index is 0.0771. The van der Waals surface area contributed by atoms with Gasteiger partial charge in [-0.1, -0.05) is 0 Å². The number of benzene rings is 1. The lowest BCUT2D eigenvalue weighted by Gasteiger charge is -2.14. The minimum Gasteiger partial charge on any atom is -0.496 e. The van der Waals surface area contributed by atoms with Crippen molar-refractivity contribution in [1.82, 2.24) is 4.90 Å². The summed E-state index contributed by atoms with van der Waals surface area (Å²) in [6.07, 6.45) is 1.42. The Bertz CT molecular complexity index is 610. The van der Waals surface area contributed by atoms with Crippen molar-refractivity contribution < 1.29 is 23.8 Å². The Balaban J connectivity index is 3.42. The van der Waals surface area contributed by atoms with Crippen LogP contribution in [-0.4, -0.2) is 52.1 Å². The Morgan fingerprint density at radius 1 is 1.09 bits per heavy atom. The number of esters is 1. The number of hydrogen-bond donors (Lipinski definition) is 0. The van der Waals surface area contributed by atoms with Crippen LogP contribution < -0.4 is 9.47 Å². The van der Waals surface area contributed by atoms with E-state index in [9.17, 15) is 9.59 Å². The van der Waals surface area contributed by atoms with Gasteiger partial charge in [-0.25, -0.2) is 4.79 Å². The molecule has 1 aromatic rings. The first-order valence-corrected chi connectivity index (χ1v) is 7.36. The molecule has 0 saturated heterocycles. The van der Waals surface area contributed by atoms with Crippen LogP contribution in [0, 0.1) is 3.57 Å². The predicted octanol–water partition coefficient (Wildman–Crippen LogP) is 2.11. The van der Waals surface area contributed by atoms with Crippen LogP contribution in [0.1, 0.15) is 10.4 Å². The van der Waals surface area contributed by atoms with Crippen molar-refractivity contribution in [1.29, 1.82) is 0 Å². The first kappa shape index (κ1) is 18.3. The summed E-state index contributed by atoms with van der Waals surface area (Å²) in [6, 6.07) is 3.23. The molecule has 0 aliphatic rings. The van der Waals surface area contributed by atoms with E-state index >= 15 is 0 Å². The highest BCUT2D eigenvalue weighted by atomic mass is 127. The molecule has 22 heavy (non-hydrogen) atoms. The van der Waals surface area contributed by atoms with Gasteiger partial charge in [0, 0.05) is 26.4 Å². The van der Waals surface area contributed by atoms with Crippen molar-refractivity contribution in [3.63, 3.8) is 0 Å². The summed E-state index contributed by atoms with van der Waals surface area (Å²) in [5.74, 6) is -0.259. The third-order valence-electron chi connectivity index (χ3n) is 2.76. The normalized spacial score (nSPS) is 10.9. The Labute approximate surface area is 143 Å². The lowest BCUT2D eigenvalue weighted by Crippen LogP contribution is -2.19. The number of ketones is 1. The van der Waals surface area contributed by atoms with Crippen LogP contribution in [0.4, 0.5) is 0 Å². The van der Waals surface area contributed by atoms with Crippen molar-refractivity contribution in [2.24, 2.45) is 0 Å². The van der Waals surface area contributed by atoms with Gasteiger partial charge in [0.25, 0.3) is 0 Å². The molecule has 0 N–H and O–H groups in total. The number of rotatable bonds is 6. The molecule has 120 valence electrons. The van der Waals surface area contributed by atoms with Gasteiger partial charge in [0.15, 0.2) is 0 Å². The minimum atomic E-state index is -0.702. The maximum Gasteiger partial charge on any atom is 0.343 e. The molecule has 0 saturated carbocycles. The van der Waals surface area contributed by atoms with Crippen molar-refractivity contribution in [2.45, 2.75) is 0 Å². The SMILES string of the molecule is COC(=O)/C(=C\N(C)C)C(=O)c1cc(I)c(OC)cc1OC. The van der Waals surface area contributed by atoms with Gasteiger partial charge in [0.1, 0.15) is 17.1 Å². The van der Waals surface area contributed by atoms with E-state index < -0.39 is 11.8 Å². The molecular weight excluding hydrogens is 401 g/mol. The molecule has 0 amide bonds. The summed E-state index contributed by atoms with van der Waals surface area (Å²) in [5, 5.41) is 0. The van der Waals surface area contributed by atoms with E-state index in [1.54, 1.807) is 31.1 Å². The second kappa shape index (κ2) is 8.02.